The van der Waals surface area contributed by atoms with Gasteiger partial charge in [-0.3, -0.25) is 0 Å². The van der Waals surface area contributed by atoms with Crippen molar-refractivity contribution in [3.05, 3.63) is 28.8 Å². The number of rotatable bonds is 5. The van der Waals surface area contributed by atoms with Crippen LogP contribution in [0.1, 0.15) is 24.8 Å². The van der Waals surface area contributed by atoms with Gasteiger partial charge in [0.05, 0.1) is 13.2 Å². The Morgan fingerprint density at radius 1 is 1.50 bits per heavy atom. The molecule has 0 amide bonds. The molecule has 4 heteroatoms. The maximum Gasteiger partial charge on any atom is 0.120 e. The highest BCUT2D eigenvalue weighted by molar-refractivity contribution is 6.31. The molecule has 1 rings (SSSR count). The summed E-state index contributed by atoms with van der Waals surface area (Å²) < 4.78 is 5.08. The fourth-order valence-corrected chi connectivity index (χ4v) is 2.02. The topological polar surface area (TPSA) is 55.5 Å². The van der Waals surface area contributed by atoms with Crippen molar-refractivity contribution in [3.8, 4) is 5.75 Å². The second-order valence-corrected chi connectivity index (χ2v) is 4.32. The SMILES string of the molecule is COc1ccc(C(C)CC(O)CN)c(Cl)c1. The minimum atomic E-state index is -0.479. The van der Waals surface area contributed by atoms with Crippen molar-refractivity contribution in [1.29, 1.82) is 0 Å². The number of aliphatic hydroxyl groups is 1. The Hall–Kier alpha value is -0.770. The van der Waals surface area contributed by atoms with Crippen LogP contribution in [-0.4, -0.2) is 24.9 Å². The van der Waals surface area contributed by atoms with E-state index in [1.54, 1.807) is 13.2 Å². The summed E-state index contributed by atoms with van der Waals surface area (Å²) in [4.78, 5) is 0. The van der Waals surface area contributed by atoms with E-state index in [9.17, 15) is 5.11 Å². The van der Waals surface area contributed by atoms with Crippen molar-refractivity contribution < 1.29 is 9.84 Å². The van der Waals surface area contributed by atoms with Gasteiger partial charge in [0, 0.05) is 11.6 Å². The summed E-state index contributed by atoms with van der Waals surface area (Å²) >= 11 is 6.14. The van der Waals surface area contributed by atoms with Gasteiger partial charge in [0.25, 0.3) is 0 Å². The van der Waals surface area contributed by atoms with Crippen LogP contribution < -0.4 is 10.5 Å². The Labute approximate surface area is 101 Å². The predicted molar refractivity (Wildman–Crippen MR) is 66.1 cm³/mol. The first-order valence-electron chi connectivity index (χ1n) is 5.30. The van der Waals surface area contributed by atoms with Gasteiger partial charge in [-0.15, -0.1) is 0 Å². The monoisotopic (exact) mass is 243 g/mol. The molecule has 0 aromatic heterocycles. The standard InChI is InChI=1S/C12H18ClNO2/c1-8(5-9(15)7-14)11-4-3-10(16-2)6-12(11)13/h3-4,6,8-9,15H,5,7,14H2,1-2H3. The van der Waals surface area contributed by atoms with Crippen molar-refractivity contribution in [3.63, 3.8) is 0 Å². The lowest BCUT2D eigenvalue weighted by Crippen LogP contribution is -2.21. The average Bonchev–Trinajstić information content (AvgIpc) is 2.28. The summed E-state index contributed by atoms with van der Waals surface area (Å²) in [6.07, 6.45) is 0.135. The maximum absolute atomic E-state index is 9.49. The lowest BCUT2D eigenvalue weighted by Gasteiger charge is -2.17. The van der Waals surface area contributed by atoms with Gasteiger partial charge in [-0.2, -0.15) is 0 Å². The van der Waals surface area contributed by atoms with Crippen LogP contribution in [0.3, 0.4) is 0 Å². The number of hydrogen-bond acceptors (Lipinski definition) is 3. The predicted octanol–water partition coefficient (Wildman–Crippen LogP) is 2.16. The van der Waals surface area contributed by atoms with Crippen LogP contribution in [0.2, 0.25) is 5.02 Å². The minimum absolute atomic E-state index is 0.178. The third kappa shape index (κ3) is 3.37. The first-order valence-corrected chi connectivity index (χ1v) is 5.67. The van der Waals surface area contributed by atoms with Gasteiger partial charge in [0.1, 0.15) is 5.75 Å². The molecule has 0 radical (unpaired) electrons. The van der Waals surface area contributed by atoms with Gasteiger partial charge >= 0.3 is 0 Å². The van der Waals surface area contributed by atoms with Crippen LogP contribution in [0.5, 0.6) is 5.75 Å². The third-order valence-electron chi connectivity index (χ3n) is 2.64. The fraction of sp³-hybridized carbons (Fsp3) is 0.500. The number of halogens is 1. The van der Waals surface area contributed by atoms with E-state index in [1.807, 2.05) is 19.1 Å². The molecule has 90 valence electrons. The molecule has 0 saturated carbocycles. The lowest BCUT2D eigenvalue weighted by atomic mass is 9.95. The highest BCUT2D eigenvalue weighted by Gasteiger charge is 2.14. The third-order valence-corrected chi connectivity index (χ3v) is 2.96. The second-order valence-electron chi connectivity index (χ2n) is 3.91. The Morgan fingerprint density at radius 3 is 2.69 bits per heavy atom. The molecule has 0 aliphatic rings. The fourth-order valence-electron chi connectivity index (χ4n) is 1.67. The summed E-state index contributed by atoms with van der Waals surface area (Å²) in [6, 6.07) is 5.57. The van der Waals surface area contributed by atoms with Crippen LogP contribution in [0.15, 0.2) is 18.2 Å². The van der Waals surface area contributed by atoms with Crippen LogP contribution in [0.25, 0.3) is 0 Å². The highest BCUT2D eigenvalue weighted by Crippen LogP contribution is 2.30. The van der Waals surface area contributed by atoms with E-state index in [2.05, 4.69) is 0 Å². The molecule has 0 aliphatic carbocycles. The van der Waals surface area contributed by atoms with Crippen LogP contribution in [0.4, 0.5) is 0 Å². The van der Waals surface area contributed by atoms with Crippen LogP contribution in [-0.2, 0) is 0 Å². The molecular formula is C12H18ClNO2. The molecule has 2 unspecified atom stereocenters. The number of ether oxygens (including phenoxy) is 1. The zero-order chi connectivity index (χ0) is 12.1. The summed E-state index contributed by atoms with van der Waals surface area (Å²) in [7, 11) is 1.60. The molecule has 2 atom stereocenters. The number of benzene rings is 1. The number of aliphatic hydroxyl groups excluding tert-OH is 1. The zero-order valence-corrected chi connectivity index (χ0v) is 10.4. The minimum Gasteiger partial charge on any atom is -0.497 e. The van der Waals surface area contributed by atoms with Crippen molar-refractivity contribution in [2.24, 2.45) is 5.73 Å². The first kappa shape index (κ1) is 13.3. The first-order chi connectivity index (χ1) is 7.58. The Bertz CT molecular complexity index is 344. The van der Waals surface area contributed by atoms with E-state index in [0.717, 1.165) is 11.3 Å². The molecule has 0 bridgehead atoms. The Kier molecular flexibility index (Phi) is 5.06. The number of methoxy groups -OCH3 is 1. The maximum atomic E-state index is 9.49. The normalized spacial score (nSPS) is 14.6. The molecule has 1 aromatic rings. The van der Waals surface area contributed by atoms with Gasteiger partial charge in [0.15, 0.2) is 0 Å². The van der Waals surface area contributed by atoms with E-state index < -0.39 is 6.10 Å². The van der Waals surface area contributed by atoms with Crippen molar-refractivity contribution in [2.45, 2.75) is 25.4 Å². The lowest BCUT2D eigenvalue weighted by molar-refractivity contribution is 0.165. The van der Waals surface area contributed by atoms with E-state index in [-0.39, 0.29) is 12.5 Å². The number of hydrogen-bond donors (Lipinski definition) is 2. The van der Waals surface area contributed by atoms with Crippen molar-refractivity contribution in [1.82, 2.24) is 0 Å². The van der Waals surface area contributed by atoms with Crippen molar-refractivity contribution >= 4 is 11.6 Å². The van der Waals surface area contributed by atoms with Gasteiger partial charge in [-0.05, 0) is 30.0 Å². The molecule has 3 nitrogen and oxygen atoms in total. The summed E-state index contributed by atoms with van der Waals surface area (Å²) in [5, 5.41) is 10.2. The molecule has 0 fully saturated rings. The van der Waals surface area contributed by atoms with Gasteiger partial charge in [-0.25, -0.2) is 0 Å². The smallest absolute Gasteiger partial charge is 0.120 e. The molecular weight excluding hydrogens is 226 g/mol. The molecule has 0 saturated heterocycles. The summed E-state index contributed by atoms with van der Waals surface area (Å²) in [5.74, 6) is 0.914. The molecule has 0 spiro atoms. The molecule has 0 heterocycles. The van der Waals surface area contributed by atoms with E-state index >= 15 is 0 Å². The quantitative estimate of drug-likeness (QED) is 0.833. The van der Waals surface area contributed by atoms with Crippen LogP contribution >= 0.6 is 11.6 Å². The van der Waals surface area contributed by atoms with Crippen molar-refractivity contribution in [2.75, 3.05) is 13.7 Å². The van der Waals surface area contributed by atoms with Gasteiger partial charge < -0.3 is 15.6 Å². The zero-order valence-electron chi connectivity index (χ0n) is 9.61. The van der Waals surface area contributed by atoms with Gasteiger partial charge in [-0.1, -0.05) is 24.6 Å². The number of nitrogens with two attached hydrogens (primary N) is 1. The highest BCUT2D eigenvalue weighted by atomic mass is 35.5. The average molecular weight is 244 g/mol. The Balaban J connectivity index is 2.79. The molecule has 1 aromatic carbocycles. The molecule has 0 aliphatic heterocycles. The summed E-state index contributed by atoms with van der Waals surface area (Å²) in [5.41, 5.74) is 6.39. The summed E-state index contributed by atoms with van der Waals surface area (Å²) in [6.45, 7) is 2.30. The van der Waals surface area contributed by atoms with Gasteiger partial charge in [0.2, 0.25) is 0 Å². The Morgan fingerprint density at radius 2 is 2.19 bits per heavy atom. The van der Waals surface area contributed by atoms with Crippen LogP contribution in [0, 0.1) is 0 Å². The van der Waals surface area contributed by atoms with E-state index in [1.165, 1.54) is 0 Å². The largest absolute Gasteiger partial charge is 0.497 e. The van der Waals surface area contributed by atoms with E-state index in [4.69, 9.17) is 22.1 Å². The second kappa shape index (κ2) is 6.09. The van der Waals surface area contributed by atoms with E-state index in [0.29, 0.717) is 11.4 Å². The molecule has 16 heavy (non-hydrogen) atoms. The molecule has 3 N–H and O–H groups in total.